The summed E-state index contributed by atoms with van der Waals surface area (Å²) in [6.45, 7) is 4.38. The summed E-state index contributed by atoms with van der Waals surface area (Å²) in [6.07, 6.45) is 0. The Morgan fingerprint density at radius 1 is 0.542 bits per heavy atom. The molecule has 0 aliphatic rings. The van der Waals surface area contributed by atoms with E-state index in [0.717, 1.165) is 5.57 Å². The summed E-state index contributed by atoms with van der Waals surface area (Å²) in [6, 6.07) is 30.3. The molecule has 0 N–H and O–H groups in total. The van der Waals surface area contributed by atoms with Gasteiger partial charge in [0.2, 0.25) is 0 Å². The highest BCUT2D eigenvalue weighted by atomic mass is 14.2. The molecule has 0 saturated heterocycles. The summed E-state index contributed by atoms with van der Waals surface area (Å²) >= 11 is 0. The molecule has 5 aromatic rings. The molecule has 0 atom stereocenters. The normalized spacial score (nSPS) is 11.5. The molecule has 0 aromatic heterocycles. The second-order valence-electron chi connectivity index (χ2n) is 6.31. The Kier molecular flexibility index (Phi) is 2.74. The maximum absolute atomic E-state index is 4.38. The predicted octanol–water partition coefficient (Wildman–Crippen LogP) is 6.65. The van der Waals surface area contributed by atoms with Gasteiger partial charge in [0, 0.05) is 0 Å². The molecule has 0 saturated carbocycles. The maximum Gasteiger partial charge on any atom is -0.00206 e. The monoisotopic (exact) mass is 304 g/mol. The van der Waals surface area contributed by atoms with E-state index in [1.165, 1.54) is 43.4 Å². The second-order valence-corrected chi connectivity index (χ2v) is 6.31. The average molecular weight is 304 g/mol. The van der Waals surface area contributed by atoms with Crippen molar-refractivity contribution in [2.24, 2.45) is 0 Å². The molecule has 5 rings (SSSR count). The van der Waals surface area contributed by atoms with Gasteiger partial charge in [-0.1, -0.05) is 91.5 Å². The summed E-state index contributed by atoms with van der Waals surface area (Å²) in [5, 5.41) is 7.88. The first kappa shape index (κ1) is 13.3. The van der Waals surface area contributed by atoms with Gasteiger partial charge in [-0.3, -0.25) is 0 Å². The van der Waals surface area contributed by atoms with Crippen molar-refractivity contribution in [2.45, 2.75) is 0 Å². The van der Waals surface area contributed by atoms with E-state index in [2.05, 4.69) is 85.4 Å². The van der Waals surface area contributed by atoms with Crippen LogP contribution in [0.3, 0.4) is 0 Å². The molecule has 0 heterocycles. The van der Waals surface area contributed by atoms with Crippen LogP contribution < -0.4 is 0 Å². The van der Waals surface area contributed by atoms with E-state index in [0.29, 0.717) is 0 Å². The van der Waals surface area contributed by atoms with Crippen LogP contribution in [0.4, 0.5) is 0 Å². The van der Waals surface area contributed by atoms with Gasteiger partial charge >= 0.3 is 0 Å². The fraction of sp³-hybridized carbons (Fsp3) is 0. The van der Waals surface area contributed by atoms with E-state index in [1.807, 2.05) is 6.07 Å². The minimum atomic E-state index is 1.08. The zero-order valence-electron chi connectivity index (χ0n) is 13.3. The average Bonchev–Trinajstić information content (AvgIpc) is 2.66. The first-order valence-corrected chi connectivity index (χ1v) is 8.24. The van der Waals surface area contributed by atoms with Gasteiger partial charge in [-0.25, -0.2) is 0 Å². The van der Waals surface area contributed by atoms with Crippen LogP contribution in [0.1, 0.15) is 11.1 Å². The molecular formula is C24H16. The third-order valence-electron chi connectivity index (χ3n) is 4.98. The Balaban J connectivity index is 1.89. The summed E-state index contributed by atoms with van der Waals surface area (Å²) in [4.78, 5) is 0. The van der Waals surface area contributed by atoms with Crippen LogP contribution >= 0.6 is 0 Å². The van der Waals surface area contributed by atoms with Crippen molar-refractivity contribution >= 4 is 37.9 Å². The van der Waals surface area contributed by atoms with Crippen LogP contribution in [-0.4, -0.2) is 0 Å². The number of rotatable bonds is 2. The first-order chi connectivity index (χ1) is 11.8. The van der Waals surface area contributed by atoms with Crippen molar-refractivity contribution in [3.63, 3.8) is 0 Å². The highest BCUT2D eigenvalue weighted by Gasteiger charge is 2.12. The fourth-order valence-corrected chi connectivity index (χ4v) is 3.79. The van der Waals surface area contributed by atoms with Crippen LogP contribution in [0.25, 0.3) is 37.9 Å². The lowest BCUT2D eigenvalue weighted by atomic mass is 9.88. The molecule has 112 valence electrons. The van der Waals surface area contributed by atoms with Crippen molar-refractivity contribution in [3.8, 4) is 0 Å². The van der Waals surface area contributed by atoms with Crippen molar-refractivity contribution in [1.82, 2.24) is 0 Å². The Labute approximate surface area is 141 Å². The van der Waals surface area contributed by atoms with Gasteiger partial charge in [-0.05, 0) is 49.0 Å². The van der Waals surface area contributed by atoms with Gasteiger partial charge in [0.1, 0.15) is 0 Å². The summed E-state index contributed by atoms with van der Waals surface area (Å²) < 4.78 is 0. The summed E-state index contributed by atoms with van der Waals surface area (Å²) in [5.41, 5.74) is 3.47. The summed E-state index contributed by atoms with van der Waals surface area (Å²) in [5.74, 6) is 0. The Morgan fingerprint density at radius 3 is 1.92 bits per heavy atom. The van der Waals surface area contributed by atoms with Crippen LogP contribution in [-0.2, 0) is 0 Å². The third-order valence-corrected chi connectivity index (χ3v) is 4.98. The molecule has 0 aliphatic carbocycles. The van der Waals surface area contributed by atoms with E-state index in [4.69, 9.17) is 0 Å². The van der Waals surface area contributed by atoms with Gasteiger partial charge in [0.15, 0.2) is 0 Å². The highest BCUT2D eigenvalue weighted by Crippen LogP contribution is 2.38. The topological polar surface area (TPSA) is 0 Å². The lowest BCUT2D eigenvalue weighted by molar-refractivity contribution is 1.59. The standard InChI is InChI=1S/C24H16/c1-16(17-6-3-2-4-7-17)21-14-12-20-11-10-18-8-5-9-19-13-15-22(21)24(20)23(18)19/h2-15H,1H2. The van der Waals surface area contributed by atoms with E-state index >= 15 is 0 Å². The lowest BCUT2D eigenvalue weighted by Crippen LogP contribution is -1.91. The van der Waals surface area contributed by atoms with Gasteiger partial charge in [0.25, 0.3) is 0 Å². The third kappa shape index (κ3) is 1.80. The molecule has 0 heteroatoms. The molecule has 0 fully saturated rings. The minimum Gasteiger partial charge on any atom is -0.0905 e. The fourth-order valence-electron chi connectivity index (χ4n) is 3.79. The predicted molar refractivity (Wildman–Crippen MR) is 105 cm³/mol. The molecule has 0 amide bonds. The minimum absolute atomic E-state index is 1.08. The van der Waals surface area contributed by atoms with E-state index < -0.39 is 0 Å². The van der Waals surface area contributed by atoms with Crippen LogP contribution in [0.2, 0.25) is 0 Å². The first-order valence-electron chi connectivity index (χ1n) is 8.24. The zero-order valence-corrected chi connectivity index (χ0v) is 13.3. The molecule has 5 aromatic carbocycles. The highest BCUT2D eigenvalue weighted by molar-refractivity contribution is 6.24. The van der Waals surface area contributed by atoms with E-state index in [1.54, 1.807) is 0 Å². The molecule has 24 heavy (non-hydrogen) atoms. The van der Waals surface area contributed by atoms with Crippen LogP contribution in [0, 0.1) is 0 Å². The van der Waals surface area contributed by atoms with Crippen molar-refractivity contribution in [1.29, 1.82) is 0 Å². The van der Waals surface area contributed by atoms with E-state index in [9.17, 15) is 0 Å². The molecule has 0 radical (unpaired) electrons. The van der Waals surface area contributed by atoms with Gasteiger partial charge in [-0.2, -0.15) is 0 Å². The van der Waals surface area contributed by atoms with Crippen molar-refractivity contribution in [2.75, 3.05) is 0 Å². The Morgan fingerprint density at radius 2 is 1.17 bits per heavy atom. The van der Waals surface area contributed by atoms with Crippen LogP contribution in [0.5, 0.6) is 0 Å². The maximum atomic E-state index is 4.38. The number of hydrogen-bond acceptors (Lipinski definition) is 0. The summed E-state index contributed by atoms with van der Waals surface area (Å²) in [7, 11) is 0. The van der Waals surface area contributed by atoms with Gasteiger partial charge < -0.3 is 0 Å². The SMILES string of the molecule is C=C(c1ccccc1)c1ccc2ccc3cccc4ccc1c2c34. The second kappa shape index (κ2) is 4.94. The number of benzene rings is 5. The van der Waals surface area contributed by atoms with E-state index in [-0.39, 0.29) is 0 Å². The quantitative estimate of drug-likeness (QED) is 0.320. The Bertz CT molecular complexity index is 1180. The van der Waals surface area contributed by atoms with Crippen molar-refractivity contribution in [3.05, 3.63) is 103 Å². The number of hydrogen-bond donors (Lipinski definition) is 0. The largest absolute Gasteiger partial charge is 0.0905 e. The molecule has 0 spiro atoms. The molecule has 0 aliphatic heterocycles. The zero-order chi connectivity index (χ0) is 16.1. The smallest absolute Gasteiger partial charge is 0.00206 e. The molecule has 0 bridgehead atoms. The molecular weight excluding hydrogens is 288 g/mol. The lowest BCUT2D eigenvalue weighted by Gasteiger charge is -2.15. The van der Waals surface area contributed by atoms with Crippen molar-refractivity contribution < 1.29 is 0 Å². The van der Waals surface area contributed by atoms with Crippen LogP contribution in [0.15, 0.2) is 91.5 Å². The Hall–Kier alpha value is -3.12. The molecule has 0 unspecified atom stereocenters. The molecule has 0 nitrogen and oxygen atoms in total. The van der Waals surface area contributed by atoms with Gasteiger partial charge in [-0.15, -0.1) is 0 Å². The van der Waals surface area contributed by atoms with Gasteiger partial charge in [0.05, 0.1) is 0 Å².